The van der Waals surface area contributed by atoms with Crippen LogP contribution in [0.2, 0.25) is 0 Å². The summed E-state index contributed by atoms with van der Waals surface area (Å²) >= 11 is 3.43. The molecule has 38 heavy (non-hydrogen) atoms. The molecule has 3 aliphatic rings. The van der Waals surface area contributed by atoms with Gasteiger partial charge in [0.25, 0.3) is 0 Å². The van der Waals surface area contributed by atoms with Gasteiger partial charge >= 0.3 is 0 Å². The minimum atomic E-state index is -0.796. The van der Waals surface area contributed by atoms with Crippen LogP contribution >= 0.6 is 15.9 Å². The maximum Gasteiger partial charge on any atom is 0.240 e. The van der Waals surface area contributed by atoms with Gasteiger partial charge in [0.05, 0.1) is 30.2 Å². The van der Waals surface area contributed by atoms with E-state index in [2.05, 4.69) is 22.9 Å². The molecule has 4 atom stereocenters. The lowest BCUT2D eigenvalue weighted by Gasteiger charge is -2.36. The van der Waals surface area contributed by atoms with Gasteiger partial charge < -0.3 is 9.64 Å². The fraction of sp³-hybridized carbons (Fsp3) is 0.258. The van der Waals surface area contributed by atoms with Crippen LogP contribution in [-0.4, -0.2) is 36.3 Å². The van der Waals surface area contributed by atoms with Crippen LogP contribution in [0, 0.1) is 11.8 Å². The van der Waals surface area contributed by atoms with Crippen LogP contribution in [0.1, 0.15) is 35.7 Å². The normalized spacial score (nSPS) is 23.3. The van der Waals surface area contributed by atoms with Crippen LogP contribution in [0.3, 0.4) is 0 Å². The van der Waals surface area contributed by atoms with Crippen molar-refractivity contribution in [2.24, 2.45) is 11.8 Å². The average Bonchev–Trinajstić information content (AvgIpc) is 3.42. The van der Waals surface area contributed by atoms with Gasteiger partial charge in [0.2, 0.25) is 11.8 Å². The van der Waals surface area contributed by atoms with Crippen LogP contribution in [0.5, 0.6) is 5.75 Å². The van der Waals surface area contributed by atoms with E-state index in [-0.39, 0.29) is 17.6 Å². The fourth-order valence-corrected chi connectivity index (χ4v) is 6.14. The number of nitrogens with zero attached hydrogens (tertiary/aromatic N) is 2. The highest BCUT2D eigenvalue weighted by molar-refractivity contribution is 9.10. The molecular formula is C31H27BrN2O4. The van der Waals surface area contributed by atoms with Crippen molar-refractivity contribution >= 4 is 51.0 Å². The van der Waals surface area contributed by atoms with Gasteiger partial charge in [-0.1, -0.05) is 71.8 Å². The first-order valence-electron chi connectivity index (χ1n) is 13.0. The summed E-state index contributed by atoms with van der Waals surface area (Å²) < 4.78 is 6.61. The molecule has 3 heterocycles. The quantitative estimate of drug-likeness (QED) is 0.201. The Kier molecular flexibility index (Phi) is 6.40. The molecule has 7 heteroatoms. The topological polar surface area (TPSA) is 66.9 Å². The number of rotatable bonds is 7. The highest BCUT2D eigenvalue weighted by atomic mass is 79.9. The second-order valence-electron chi connectivity index (χ2n) is 9.89. The van der Waals surface area contributed by atoms with Gasteiger partial charge in [0.1, 0.15) is 11.8 Å². The minimum absolute atomic E-state index is 0.164. The number of fused-ring (bicyclic) bond motifs is 5. The first-order valence-corrected chi connectivity index (χ1v) is 13.7. The number of unbranched alkanes of at least 4 members (excludes halogenated alkanes) is 1. The number of benzene rings is 3. The zero-order valence-electron chi connectivity index (χ0n) is 20.9. The van der Waals surface area contributed by atoms with Crippen molar-refractivity contribution in [3.63, 3.8) is 0 Å². The van der Waals surface area contributed by atoms with Crippen LogP contribution in [-0.2, 0) is 9.59 Å². The molecule has 0 bridgehead atoms. The number of halogens is 1. The van der Waals surface area contributed by atoms with Crippen molar-refractivity contribution < 1.29 is 19.1 Å². The number of Topliss-reactive ketones (excluding diaryl/α,β-unsaturated/α-hetero) is 1. The zero-order valence-corrected chi connectivity index (χ0v) is 22.5. The van der Waals surface area contributed by atoms with E-state index in [1.165, 1.54) is 4.90 Å². The van der Waals surface area contributed by atoms with Crippen molar-refractivity contribution in [1.82, 2.24) is 0 Å². The second kappa shape index (κ2) is 9.87. The van der Waals surface area contributed by atoms with E-state index in [1.807, 2.05) is 53.5 Å². The van der Waals surface area contributed by atoms with Crippen molar-refractivity contribution in [3.05, 3.63) is 94.5 Å². The third-order valence-electron chi connectivity index (χ3n) is 7.67. The van der Waals surface area contributed by atoms with Crippen LogP contribution < -0.4 is 14.5 Å². The highest BCUT2D eigenvalue weighted by Gasteiger charge is 2.64. The molecule has 0 aliphatic carbocycles. The van der Waals surface area contributed by atoms with Gasteiger partial charge in [-0.25, -0.2) is 4.90 Å². The van der Waals surface area contributed by atoms with E-state index < -0.39 is 23.9 Å². The number of carbonyl (C=O) groups excluding carboxylic acids is 3. The zero-order chi connectivity index (χ0) is 26.4. The Bertz CT molecular complexity index is 1430. The Morgan fingerprint density at radius 2 is 1.63 bits per heavy atom. The Morgan fingerprint density at radius 3 is 2.37 bits per heavy atom. The summed E-state index contributed by atoms with van der Waals surface area (Å²) in [4.78, 5) is 45.2. The molecule has 2 amide bonds. The highest BCUT2D eigenvalue weighted by Crippen LogP contribution is 2.49. The van der Waals surface area contributed by atoms with Gasteiger partial charge in [-0.05, 0) is 54.4 Å². The monoisotopic (exact) mass is 570 g/mol. The molecule has 3 aromatic carbocycles. The molecule has 6 rings (SSSR count). The van der Waals surface area contributed by atoms with Crippen LogP contribution in [0.25, 0.3) is 6.08 Å². The van der Waals surface area contributed by atoms with Gasteiger partial charge in [0.15, 0.2) is 5.78 Å². The number of hydrogen-bond acceptors (Lipinski definition) is 5. The first-order chi connectivity index (χ1) is 18.5. The summed E-state index contributed by atoms with van der Waals surface area (Å²) in [5, 5.41) is 0. The predicted molar refractivity (Wildman–Crippen MR) is 150 cm³/mol. The molecule has 192 valence electrons. The standard InChI is InChI=1S/C31H27BrN2O4/c1-2-3-18-38-23-15-13-22(14-16-23)33-30(36)26-25-17-10-19-6-4-5-7-24(19)34(25)28(27(26)31(33)37)29(35)20-8-11-21(32)12-9-20/h4-17,25-28H,2-3,18H2,1H3/t25-,26-,27-,28+/m0/s1. The largest absolute Gasteiger partial charge is 0.494 e. The van der Waals surface area contributed by atoms with Gasteiger partial charge in [-0.15, -0.1) is 0 Å². The lowest BCUT2D eigenvalue weighted by Crippen LogP contribution is -2.48. The van der Waals surface area contributed by atoms with E-state index in [0.717, 1.165) is 28.6 Å². The smallest absolute Gasteiger partial charge is 0.240 e. The lowest BCUT2D eigenvalue weighted by molar-refractivity contribution is -0.122. The molecule has 0 spiro atoms. The number of ether oxygens (including phenoxy) is 1. The van der Waals surface area contributed by atoms with Crippen molar-refractivity contribution in [2.75, 3.05) is 16.4 Å². The Balaban J connectivity index is 1.38. The minimum Gasteiger partial charge on any atom is -0.494 e. The van der Waals surface area contributed by atoms with Crippen LogP contribution in [0.4, 0.5) is 11.4 Å². The molecule has 3 aromatic rings. The molecule has 0 radical (unpaired) electrons. The lowest BCUT2D eigenvalue weighted by atomic mass is 9.86. The number of para-hydroxylation sites is 1. The number of hydrogen-bond donors (Lipinski definition) is 0. The Labute approximate surface area is 230 Å². The van der Waals surface area contributed by atoms with E-state index >= 15 is 0 Å². The SMILES string of the molecule is CCCCOc1ccc(N2C(=O)[C@@H]3[C@H](C2=O)[C@H](C(=O)c2ccc(Br)cc2)N2c4ccccc4C=C[C@@H]32)cc1. The first kappa shape index (κ1) is 24.6. The number of anilines is 2. The molecular weight excluding hydrogens is 544 g/mol. The van der Waals surface area contributed by atoms with Gasteiger partial charge in [-0.2, -0.15) is 0 Å². The van der Waals surface area contributed by atoms with Crippen LogP contribution in [0.15, 0.2) is 83.3 Å². The summed E-state index contributed by atoms with van der Waals surface area (Å²) in [5.41, 5.74) is 2.84. The summed E-state index contributed by atoms with van der Waals surface area (Å²) in [6.07, 6.45) is 5.95. The summed E-state index contributed by atoms with van der Waals surface area (Å²) in [7, 11) is 0. The van der Waals surface area contributed by atoms with E-state index in [4.69, 9.17) is 4.74 Å². The van der Waals surface area contributed by atoms with Crippen molar-refractivity contribution in [1.29, 1.82) is 0 Å². The number of imide groups is 1. The third kappa shape index (κ3) is 3.97. The molecule has 3 aliphatic heterocycles. The molecule has 0 saturated carbocycles. The predicted octanol–water partition coefficient (Wildman–Crippen LogP) is 5.90. The molecule has 2 fully saturated rings. The van der Waals surface area contributed by atoms with E-state index in [1.54, 1.807) is 36.4 Å². The summed E-state index contributed by atoms with van der Waals surface area (Å²) in [6.45, 7) is 2.72. The Morgan fingerprint density at radius 1 is 0.921 bits per heavy atom. The van der Waals surface area contributed by atoms with Gasteiger partial charge in [0, 0.05) is 15.7 Å². The Hall–Kier alpha value is -3.71. The molecule has 0 N–H and O–H groups in total. The fourth-order valence-electron chi connectivity index (χ4n) is 5.88. The number of carbonyl (C=O) groups is 3. The van der Waals surface area contributed by atoms with E-state index in [0.29, 0.717) is 23.6 Å². The maximum atomic E-state index is 14.1. The van der Waals surface area contributed by atoms with E-state index in [9.17, 15) is 14.4 Å². The number of amides is 2. The molecule has 0 unspecified atom stereocenters. The molecule has 6 nitrogen and oxygen atoms in total. The van der Waals surface area contributed by atoms with Crippen molar-refractivity contribution in [3.8, 4) is 5.75 Å². The number of ketones is 1. The maximum absolute atomic E-state index is 14.1. The summed E-state index contributed by atoms with van der Waals surface area (Å²) in [5.74, 6) is -1.53. The molecule has 2 saturated heterocycles. The second-order valence-corrected chi connectivity index (χ2v) is 10.8. The van der Waals surface area contributed by atoms with Crippen molar-refractivity contribution in [2.45, 2.75) is 31.8 Å². The van der Waals surface area contributed by atoms with Gasteiger partial charge in [-0.3, -0.25) is 14.4 Å². The molecule has 0 aromatic heterocycles. The average molecular weight is 571 g/mol. The third-order valence-corrected chi connectivity index (χ3v) is 8.20. The summed E-state index contributed by atoms with van der Waals surface area (Å²) in [6, 6.07) is 20.8.